The van der Waals surface area contributed by atoms with Gasteiger partial charge in [-0.05, 0) is 49.8 Å². The number of nitrogens with one attached hydrogen (secondary N) is 1. The van der Waals surface area contributed by atoms with E-state index in [2.05, 4.69) is 50.4 Å². The molecule has 0 bridgehead atoms. The topological polar surface area (TPSA) is 21.3 Å². The Hall–Kier alpha value is -1.02. The minimum absolute atomic E-state index is 0.586. The van der Waals surface area contributed by atoms with Crippen LogP contribution in [0, 0.1) is 5.92 Å². The first-order chi connectivity index (χ1) is 9.72. The lowest BCUT2D eigenvalue weighted by Crippen LogP contribution is -2.38. The zero-order chi connectivity index (χ0) is 14.4. The maximum absolute atomic E-state index is 5.81. The molecule has 2 rings (SSSR count). The van der Waals surface area contributed by atoms with Crippen LogP contribution in [0.15, 0.2) is 24.3 Å². The first kappa shape index (κ1) is 15.4. The monoisotopic (exact) mass is 275 g/mol. The van der Waals surface area contributed by atoms with Crippen LogP contribution in [0.1, 0.15) is 57.9 Å². The van der Waals surface area contributed by atoms with Crippen molar-refractivity contribution in [1.29, 1.82) is 0 Å². The molecule has 2 heteroatoms. The van der Waals surface area contributed by atoms with Crippen LogP contribution in [0.25, 0.3) is 0 Å². The Morgan fingerprint density at radius 2 is 2.05 bits per heavy atom. The van der Waals surface area contributed by atoms with Crippen LogP contribution in [0.3, 0.4) is 0 Å². The van der Waals surface area contributed by atoms with Crippen molar-refractivity contribution in [3.05, 3.63) is 29.8 Å². The van der Waals surface area contributed by atoms with Crippen LogP contribution in [0.5, 0.6) is 5.75 Å². The van der Waals surface area contributed by atoms with Gasteiger partial charge in [0.15, 0.2) is 0 Å². The number of hydrogen-bond acceptors (Lipinski definition) is 2. The Kier molecular flexibility index (Phi) is 5.90. The SMILES string of the molecule is CCCNC(CCC(C)C)C1CCOc2ccccc21. The van der Waals surface area contributed by atoms with Crippen LogP contribution < -0.4 is 10.1 Å². The molecule has 0 saturated heterocycles. The van der Waals surface area contributed by atoms with E-state index < -0.39 is 0 Å². The summed E-state index contributed by atoms with van der Waals surface area (Å²) in [6, 6.07) is 9.15. The Balaban J connectivity index is 2.11. The molecule has 1 aromatic rings. The molecule has 112 valence electrons. The Morgan fingerprint density at radius 3 is 2.80 bits per heavy atom. The van der Waals surface area contributed by atoms with E-state index in [1.54, 1.807) is 0 Å². The number of benzene rings is 1. The van der Waals surface area contributed by atoms with Crippen molar-refractivity contribution in [2.24, 2.45) is 5.92 Å². The van der Waals surface area contributed by atoms with Crippen LogP contribution in [0.4, 0.5) is 0 Å². The van der Waals surface area contributed by atoms with Crippen molar-refractivity contribution in [2.75, 3.05) is 13.2 Å². The summed E-state index contributed by atoms with van der Waals surface area (Å²) < 4.78 is 5.81. The van der Waals surface area contributed by atoms with Crippen LogP contribution in [0.2, 0.25) is 0 Å². The summed E-state index contributed by atoms with van der Waals surface area (Å²) in [5.41, 5.74) is 1.40. The molecule has 1 aromatic carbocycles. The molecule has 2 nitrogen and oxygen atoms in total. The standard InChI is InChI=1S/C18H29NO/c1-4-12-19-17(10-9-14(2)3)15-11-13-20-18-8-6-5-7-16(15)18/h5-8,14-15,17,19H,4,9-13H2,1-3H3. The van der Waals surface area contributed by atoms with Crippen molar-refractivity contribution in [3.8, 4) is 5.75 Å². The zero-order valence-electron chi connectivity index (χ0n) is 13.2. The second-order valence-electron chi connectivity index (χ2n) is 6.31. The number of para-hydroxylation sites is 1. The third-order valence-electron chi connectivity index (χ3n) is 4.20. The summed E-state index contributed by atoms with van der Waals surface area (Å²) in [6.07, 6.45) is 4.89. The van der Waals surface area contributed by atoms with Gasteiger partial charge in [0.1, 0.15) is 5.75 Å². The van der Waals surface area contributed by atoms with Crippen molar-refractivity contribution in [1.82, 2.24) is 5.32 Å². The van der Waals surface area contributed by atoms with E-state index in [9.17, 15) is 0 Å². The largest absolute Gasteiger partial charge is 0.493 e. The maximum Gasteiger partial charge on any atom is 0.122 e. The molecular weight excluding hydrogens is 246 g/mol. The third kappa shape index (κ3) is 3.99. The third-order valence-corrected chi connectivity index (χ3v) is 4.20. The van der Waals surface area contributed by atoms with Gasteiger partial charge in [0.2, 0.25) is 0 Å². The lowest BCUT2D eigenvalue weighted by molar-refractivity contribution is 0.238. The van der Waals surface area contributed by atoms with E-state index in [1.165, 1.54) is 24.8 Å². The highest BCUT2D eigenvalue weighted by Crippen LogP contribution is 2.37. The van der Waals surface area contributed by atoms with E-state index in [4.69, 9.17) is 4.74 Å². The molecule has 1 aliphatic rings. The smallest absolute Gasteiger partial charge is 0.122 e. The highest BCUT2D eigenvalue weighted by molar-refractivity contribution is 5.38. The van der Waals surface area contributed by atoms with Gasteiger partial charge < -0.3 is 10.1 Å². The molecule has 0 saturated carbocycles. The summed E-state index contributed by atoms with van der Waals surface area (Å²) in [7, 11) is 0. The van der Waals surface area contributed by atoms with Gasteiger partial charge in [0.05, 0.1) is 6.61 Å². The Labute approximate surface area is 123 Å². The second kappa shape index (κ2) is 7.68. The van der Waals surface area contributed by atoms with Crippen LogP contribution >= 0.6 is 0 Å². The molecule has 1 heterocycles. The molecule has 1 N–H and O–H groups in total. The van der Waals surface area contributed by atoms with E-state index >= 15 is 0 Å². The number of rotatable bonds is 7. The number of fused-ring (bicyclic) bond motifs is 1. The second-order valence-corrected chi connectivity index (χ2v) is 6.31. The molecular formula is C18H29NO. The fourth-order valence-corrected chi connectivity index (χ4v) is 3.08. The van der Waals surface area contributed by atoms with Gasteiger partial charge in [-0.2, -0.15) is 0 Å². The summed E-state index contributed by atoms with van der Waals surface area (Å²) in [4.78, 5) is 0. The summed E-state index contributed by atoms with van der Waals surface area (Å²) in [5, 5.41) is 3.78. The summed E-state index contributed by atoms with van der Waals surface area (Å²) >= 11 is 0. The molecule has 0 spiro atoms. The van der Waals surface area contributed by atoms with Crippen molar-refractivity contribution < 1.29 is 4.74 Å². The molecule has 20 heavy (non-hydrogen) atoms. The van der Waals surface area contributed by atoms with Gasteiger partial charge >= 0.3 is 0 Å². The van der Waals surface area contributed by atoms with Crippen molar-refractivity contribution in [3.63, 3.8) is 0 Å². The molecule has 0 aromatic heterocycles. The molecule has 0 fully saturated rings. The number of ether oxygens (including phenoxy) is 1. The minimum atomic E-state index is 0.586. The first-order valence-corrected chi connectivity index (χ1v) is 8.17. The van der Waals surface area contributed by atoms with Gasteiger partial charge in [-0.15, -0.1) is 0 Å². The van der Waals surface area contributed by atoms with Gasteiger partial charge in [-0.1, -0.05) is 39.0 Å². The predicted octanol–water partition coefficient (Wildman–Crippen LogP) is 4.36. The highest BCUT2D eigenvalue weighted by Gasteiger charge is 2.28. The quantitative estimate of drug-likeness (QED) is 0.798. The Morgan fingerprint density at radius 1 is 1.25 bits per heavy atom. The van der Waals surface area contributed by atoms with Gasteiger partial charge in [0, 0.05) is 12.0 Å². The fourth-order valence-electron chi connectivity index (χ4n) is 3.08. The average molecular weight is 275 g/mol. The van der Waals surface area contributed by atoms with E-state index in [0.29, 0.717) is 12.0 Å². The highest BCUT2D eigenvalue weighted by atomic mass is 16.5. The average Bonchev–Trinajstić information content (AvgIpc) is 2.47. The summed E-state index contributed by atoms with van der Waals surface area (Å²) in [6.45, 7) is 8.84. The predicted molar refractivity (Wildman–Crippen MR) is 85.4 cm³/mol. The molecule has 2 unspecified atom stereocenters. The molecule has 2 atom stereocenters. The van der Waals surface area contributed by atoms with E-state index in [-0.39, 0.29) is 0 Å². The molecule has 0 radical (unpaired) electrons. The summed E-state index contributed by atoms with van der Waals surface area (Å²) in [5.74, 6) is 2.47. The lowest BCUT2D eigenvalue weighted by Gasteiger charge is -2.33. The van der Waals surface area contributed by atoms with Crippen molar-refractivity contribution >= 4 is 0 Å². The molecule has 0 aliphatic carbocycles. The van der Waals surface area contributed by atoms with Gasteiger partial charge in [-0.25, -0.2) is 0 Å². The number of hydrogen-bond donors (Lipinski definition) is 1. The van der Waals surface area contributed by atoms with Crippen molar-refractivity contribution in [2.45, 2.75) is 58.4 Å². The lowest BCUT2D eigenvalue weighted by atomic mass is 9.83. The van der Waals surface area contributed by atoms with E-state index in [0.717, 1.165) is 31.2 Å². The van der Waals surface area contributed by atoms with Gasteiger partial charge in [-0.3, -0.25) is 0 Å². The first-order valence-electron chi connectivity index (χ1n) is 8.17. The fraction of sp³-hybridized carbons (Fsp3) is 0.667. The molecule has 0 amide bonds. The minimum Gasteiger partial charge on any atom is -0.493 e. The molecule has 1 aliphatic heterocycles. The van der Waals surface area contributed by atoms with Gasteiger partial charge in [0.25, 0.3) is 0 Å². The maximum atomic E-state index is 5.81. The van der Waals surface area contributed by atoms with Crippen LogP contribution in [-0.4, -0.2) is 19.2 Å². The van der Waals surface area contributed by atoms with E-state index in [1.807, 2.05) is 0 Å². The Bertz CT molecular complexity index is 402. The zero-order valence-corrected chi connectivity index (χ0v) is 13.2. The van der Waals surface area contributed by atoms with Crippen LogP contribution in [-0.2, 0) is 0 Å². The normalized spacial score (nSPS) is 19.5.